The van der Waals surface area contributed by atoms with Crippen LogP contribution in [0.1, 0.15) is 27.7 Å². The molecule has 0 spiro atoms. The Bertz CT molecular complexity index is 237. The van der Waals surface area contributed by atoms with E-state index in [0.29, 0.717) is 18.6 Å². The molecule has 0 atom stereocenters. The van der Waals surface area contributed by atoms with Crippen molar-refractivity contribution in [3.05, 3.63) is 0 Å². The van der Waals surface area contributed by atoms with Crippen molar-refractivity contribution in [1.29, 1.82) is 0 Å². The molecular formula is C11H22N4. The Balaban J connectivity index is 4.15. The molecule has 0 amide bonds. The van der Waals surface area contributed by atoms with Crippen LogP contribution in [0.25, 0.3) is 0 Å². The second-order valence-corrected chi connectivity index (χ2v) is 4.28. The van der Waals surface area contributed by atoms with Crippen LogP contribution in [0.4, 0.5) is 0 Å². The van der Waals surface area contributed by atoms with E-state index in [0.717, 1.165) is 0 Å². The van der Waals surface area contributed by atoms with Gasteiger partial charge in [0.05, 0.1) is 12.6 Å². The summed E-state index contributed by atoms with van der Waals surface area (Å²) < 4.78 is 0. The van der Waals surface area contributed by atoms with Crippen LogP contribution in [-0.2, 0) is 0 Å². The maximum absolute atomic E-state index is 4.09. The van der Waals surface area contributed by atoms with Gasteiger partial charge in [-0.15, -0.1) is 0 Å². The van der Waals surface area contributed by atoms with Crippen LogP contribution in [0.5, 0.6) is 0 Å². The van der Waals surface area contributed by atoms with Crippen LogP contribution in [-0.4, -0.2) is 42.6 Å². The number of hydrogen-bond acceptors (Lipinski definition) is 3. The summed E-state index contributed by atoms with van der Waals surface area (Å²) in [7, 11) is 3.95. The monoisotopic (exact) mass is 210 g/mol. The Morgan fingerprint density at radius 3 is 2.00 bits per heavy atom. The van der Waals surface area contributed by atoms with Crippen LogP contribution >= 0.6 is 0 Å². The average molecular weight is 210 g/mol. The van der Waals surface area contributed by atoms with Crippen LogP contribution in [0.2, 0.25) is 0 Å². The van der Waals surface area contributed by atoms with Crippen molar-refractivity contribution < 1.29 is 0 Å². The van der Waals surface area contributed by atoms with Crippen molar-refractivity contribution in [3.8, 4) is 12.0 Å². The van der Waals surface area contributed by atoms with Gasteiger partial charge in [-0.1, -0.05) is 16.3 Å². The molecule has 0 heterocycles. The summed E-state index contributed by atoms with van der Waals surface area (Å²) in [5, 5.41) is 9.87. The maximum Gasteiger partial charge on any atom is 0.0616 e. The number of hydrogen-bond donors (Lipinski definition) is 0. The quantitative estimate of drug-likeness (QED) is 0.404. The summed E-state index contributed by atoms with van der Waals surface area (Å²) in [6.07, 6.45) is 0. The van der Waals surface area contributed by atoms with Gasteiger partial charge in [0.2, 0.25) is 0 Å². The van der Waals surface area contributed by atoms with E-state index in [2.05, 4.69) is 50.0 Å². The van der Waals surface area contributed by atoms with Crippen LogP contribution in [0.15, 0.2) is 10.3 Å². The molecule has 15 heavy (non-hydrogen) atoms. The van der Waals surface area contributed by atoms with Gasteiger partial charge in [0.1, 0.15) is 0 Å². The van der Waals surface area contributed by atoms with E-state index in [4.69, 9.17) is 0 Å². The van der Waals surface area contributed by atoms with E-state index in [1.807, 2.05) is 24.0 Å². The first kappa shape index (κ1) is 13.9. The summed E-state index contributed by atoms with van der Waals surface area (Å²) in [5.41, 5.74) is 0. The van der Waals surface area contributed by atoms with Crippen molar-refractivity contribution >= 4 is 0 Å². The zero-order valence-corrected chi connectivity index (χ0v) is 10.7. The normalized spacial score (nSPS) is 11.3. The van der Waals surface area contributed by atoms with Gasteiger partial charge in [-0.05, 0) is 41.8 Å². The second-order valence-electron chi connectivity index (χ2n) is 4.28. The summed E-state index contributed by atoms with van der Waals surface area (Å²) in [6.45, 7) is 9.07. The molecule has 0 aliphatic heterocycles. The van der Waals surface area contributed by atoms with Crippen molar-refractivity contribution in [2.75, 3.05) is 20.6 Å². The zero-order valence-electron chi connectivity index (χ0n) is 10.7. The molecule has 0 saturated carbocycles. The maximum atomic E-state index is 4.09. The molecule has 0 saturated heterocycles. The molecule has 0 N–H and O–H groups in total. The smallest absolute Gasteiger partial charge is 0.0616 e. The first-order chi connectivity index (χ1) is 6.95. The van der Waals surface area contributed by atoms with Crippen LogP contribution in [0.3, 0.4) is 0 Å². The molecule has 0 aliphatic rings. The van der Waals surface area contributed by atoms with Gasteiger partial charge in [0, 0.05) is 12.1 Å². The SMILES string of the molecule is CC(C)N(/N=N/C#CCN(C)C)C(C)C. The minimum absolute atomic E-state index is 0.351. The largest absolute Gasteiger partial charge is 0.298 e. The van der Waals surface area contributed by atoms with Gasteiger partial charge in [-0.2, -0.15) is 0 Å². The molecule has 0 rings (SSSR count). The zero-order chi connectivity index (χ0) is 11.8. The van der Waals surface area contributed by atoms with Gasteiger partial charge in [0.25, 0.3) is 0 Å². The molecular weight excluding hydrogens is 188 g/mol. The molecule has 4 nitrogen and oxygen atoms in total. The van der Waals surface area contributed by atoms with Gasteiger partial charge in [-0.25, -0.2) is 0 Å². The predicted octanol–water partition coefficient (Wildman–Crippen LogP) is 1.99. The highest BCUT2D eigenvalue weighted by Crippen LogP contribution is 2.05. The fourth-order valence-corrected chi connectivity index (χ4v) is 1.11. The third-order valence-corrected chi connectivity index (χ3v) is 1.73. The van der Waals surface area contributed by atoms with Crippen molar-refractivity contribution in [2.24, 2.45) is 10.3 Å². The Morgan fingerprint density at radius 2 is 1.60 bits per heavy atom. The van der Waals surface area contributed by atoms with Crippen LogP contribution in [0, 0.1) is 12.0 Å². The summed E-state index contributed by atoms with van der Waals surface area (Å²) >= 11 is 0. The highest BCUT2D eigenvalue weighted by atomic mass is 15.6. The lowest BCUT2D eigenvalue weighted by atomic mass is 10.3. The molecule has 0 aliphatic carbocycles. The Kier molecular flexibility index (Phi) is 6.72. The third kappa shape index (κ3) is 6.92. The van der Waals surface area contributed by atoms with Crippen molar-refractivity contribution in [2.45, 2.75) is 39.8 Å². The second kappa shape index (κ2) is 7.24. The van der Waals surface area contributed by atoms with Crippen LogP contribution < -0.4 is 0 Å². The molecule has 0 unspecified atom stereocenters. The lowest BCUT2D eigenvalue weighted by Gasteiger charge is -2.25. The molecule has 0 radical (unpaired) electrons. The summed E-state index contributed by atoms with van der Waals surface area (Å²) in [4.78, 5) is 1.99. The van der Waals surface area contributed by atoms with E-state index in [-0.39, 0.29) is 0 Å². The van der Waals surface area contributed by atoms with Gasteiger partial charge >= 0.3 is 0 Å². The van der Waals surface area contributed by atoms with Crippen molar-refractivity contribution in [3.63, 3.8) is 0 Å². The highest BCUT2D eigenvalue weighted by molar-refractivity contribution is 4.97. The number of nitrogens with zero attached hydrogens (tertiary/aromatic N) is 4. The molecule has 0 fully saturated rings. The Labute approximate surface area is 93.3 Å². The molecule has 4 heteroatoms. The van der Waals surface area contributed by atoms with E-state index in [1.165, 1.54) is 0 Å². The predicted molar refractivity (Wildman–Crippen MR) is 63.3 cm³/mol. The number of rotatable bonds is 4. The minimum atomic E-state index is 0.351. The summed E-state index contributed by atoms with van der Waals surface area (Å²) in [6, 6.07) is 3.38. The Hall–Kier alpha value is -1.08. The summed E-state index contributed by atoms with van der Waals surface area (Å²) in [5.74, 6) is 2.91. The third-order valence-electron chi connectivity index (χ3n) is 1.73. The topological polar surface area (TPSA) is 31.2 Å². The minimum Gasteiger partial charge on any atom is -0.298 e. The fraction of sp³-hybridized carbons (Fsp3) is 0.818. The van der Waals surface area contributed by atoms with Crippen molar-refractivity contribution in [1.82, 2.24) is 9.91 Å². The van der Waals surface area contributed by atoms with E-state index in [1.54, 1.807) is 0 Å². The fourth-order valence-electron chi connectivity index (χ4n) is 1.11. The molecule has 0 aromatic carbocycles. The first-order valence-corrected chi connectivity index (χ1v) is 5.26. The molecule has 0 bridgehead atoms. The average Bonchev–Trinajstić information content (AvgIpc) is 2.08. The standard InChI is InChI=1S/C11H22N4/c1-10(2)15(11(3)4)13-12-8-7-9-14(5)6/h10-11H,9H2,1-6H3/b13-12+. The van der Waals surface area contributed by atoms with Gasteiger partial charge in [-0.3, -0.25) is 9.91 Å². The lowest BCUT2D eigenvalue weighted by molar-refractivity contribution is 0.170. The van der Waals surface area contributed by atoms with E-state index >= 15 is 0 Å². The highest BCUT2D eigenvalue weighted by Gasteiger charge is 2.09. The molecule has 0 aromatic rings. The first-order valence-electron chi connectivity index (χ1n) is 5.26. The van der Waals surface area contributed by atoms with Gasteiger partial charge < -0.3 is 0 Å². The van der Waals surface area contributed by atoms with Gasteiger partial charge in [0.15, 0.2) is 0 Å². The lowest BCUT2D eigenvalue weighted by Crippen LogP contribution is -2.31. The Morgan fingerprint density at radius 1 is 1.07 bits per heavy atom. The van der Waals surface area contributed by atoms with E-state index in [9.17, 15) is 0 Å². The molecule has 86 valence electrons. The van der Waals surface area contributed by atoms with E-state index < -0.39 is 0 Å². The molecule has 0 aromatic heterocycles.